The molecule has 1 aliphatic heterocycles. The summed E-state index contributed by atoms with van der Waals surface area (Å²) < 4.78 is 2.45. The predicted molar refractivity (Wildman–Crippen MR) is 301 cm³/mol. The van der Waals surface area contributed by atoms with E-state index < -0.39 is 0 Å². The summed E-state index contributed by atoms with van der Waals surface area (Å²) >= 11 is 0. The topological polar surface area (TPSA) is 32.9 Å². The van der Waals surface area contributed by atoms with Crippen LogP contribution in [-0.4, -0.2) is 16.1 Å². The summed E-state index contributed by atoms with van der Waals surface area (Å²) in [6, 6.07) is 90.0. The van der Waals surface area contributed by atoms with Crippen LogP contribution in [0.1, 0.15) is 42.5 Å². The average molecular weight is 911 g/mol. The standard InChI is InChI=1S/C67H50N4/c1-45-30-40-63(47-18-6-2-7-19-47)68-67(48-20-8-3-9-21-48)69-66(45)50-33-38-57-55-26-14-15-27-56(55)58-39-37-54(44-61(58)60(57)43-50)71-64-29-17-16-28-59(64)62-42-49(34-41-65(62)71)46-31-35-53(36-32-46)70(51-22-10-4-11-23-51)52-24-12-5-13-25-52/h2-29,31-39,41-45,66H,30,40H2,1H3/b68-63+,69-67-. The van der Waals surface area contributed by atoms with Gasteiger partial charge in [0, 0.05) is 39.1 Å². The van der Waals surface area contributed by atoms with Crippen LogP contribution in [0, 0.1) is 5.92 Å². The van der Waals surface area contributed by atoms with Crippen molar-refractivity contribution in [2.75, 3.05) is 4.90 Å². The molecule has 2 atom stereocenters. The minimum Gasteiger partial charge on any atom is -0.311 e. The van der Waals surface area contributed by atoms with Crippen molar-refractivity contribution >= 4 is 82.7 Å². The lowest BCUT2D eigenvalue weighted by molar-refractivity contribution is 0.446. The Morgan fingerprint density at radius 3 is 1.59 bits per heavy atom. The van der Waals surface area contributed by atoms with Crippen LogP contribution in [-0.2, 0) is 0 Å². The summed E-state index contributed by atoms with van der Waals surface area (Å²) in [7, 11) is 0. The molecule has 2 unspecified atom stereocenters. The maximum absolute atomic E-state index is 5.60. The summed E-state index contributed by atoms with van der Waals surface area (Å²) in [5.74, 6) is 1.07. The zero-order valence-electron chi connectivity index (χ0n) is 39.5. The van der Waals surface area contributed by atoms with Gasteiger partial charge in [-0.1, -0.05) is 183 Å². The first-order chi connectivity index (χ1) is 35.1. The second-order valence-electron chi connectivity index (χ2n) is 18.9. The number of anilines is 3. The van der Waals surface area contributed by atoms with Crippen molar-refractivity contribution < 1.29 is 0 Å². The van der Waals surface area contributed by atoms with Gasteiger partial charge in [-0.25, -0.2) is 4.99 Å². The molecule has 0 bridgehead atoms. The zero-order valence-corrected chi connectivity index (χ0v) is 39.5. The third-order valence-corrected chi connectivity index (χ3v) is 14.6. The van der Waals surface area contributed by atoms with Gasteiger partial charge in [0.05, 0.1) is 22.8 Å². The highest BCUT2D eigenvalue weighted by Crippen LogP contribution is 2.42. The van der Waals surface area contributed by atoms with Gasteiger partial charge in [0.15, 0.2) is 5.84 Å². The average Bonchev–Trinajstić information content (AvgIpc) is 3.77. The maximum Gasteiger partial charge on any atom is 0.155 e. The molecule has 0 saturated heterocycles. The van der Waals surface area contributed by atoms with Gasteiger partial charge in [-0.2, -0.15) is 0 Å². The number of rotatable bonds is 8. The Morgan fingerprint density at radius 2 is 0.915 bits per heavy atom. The van der Waals surface area contributed by atoms with Crippen molar-refractivity contribution in [2.24, 2.45) is 15.9 Å². The Hall–Kier alpha value is -8.86. The number of amidine groups is 1. The van der Waals surface area contributed by atoms with Crippen LogP contribution < -0.4 is 4.90 Å². The number of fused-ring (bicyclic) bond motifs is 9. The van der Waals surface area contributed by atoms with Crippen LogP contribution >= 0.6 is 0 Å². The van der Waals surface area contributed by atoms with Crippen molar-refractivity contribution in [3.05, 3.63) is 265 Å². The Kier molecular flexibility index (Phi) is 10.7. The van der Waals surface area contributed by atoms with Crippen LogP contribution in [0.5, 0.6) is 0 Å². The smallest absolute Gasteiger partial charge is 0.155 e. The van der Waals surface area contributed by atoms with Gasteiger partial charge in [-0.05, 0) is 146 Å². The number of aromatic nitrogens is 1. The SMILES string of the molecule is CC1CC/C(c2ccccc2)=N\C(c2ccccc2)=N/C1c1ccc2c3ccccc3c3ccc(-n4c5ccccc5c5cc(-c6ccc(N(c7ccccc7)c7ccccc7)cc6)ccc54)cc3c2c1. The molecule has 2 heterocycles. The van der Waals surface area contributed by atoms with E-state index in [2.05, 4.69) is 265 Å². The molecular formula is C67H50N4. The summed E-state index contributed by atoms with van der Waals surface area (Å²) in [5, 5.41) is 9.94. The van der Waals surface area contributed by atoms with Crippen molar-refractivity contribution in [3.8, 4) is 16.8 Å². The molecule has 12 aromatic rings. The molecule has 0 saturated carbocycles. The van der Waals surface area contributed by atoms with Crippen molar-refractivity contribution in [1.29, 1.82) is 0 Å². The Morgan fingerprint density at radius 1 is 0.394 bits per heavy atom. The predicted octanol–water partition coefficient (Wildman–Crippen LogP) is 17.8. The molecule has 4 nitrogen and oxygen atoms in total. The fourth-order valence-electron chi connectivity index (χ4n) is 11.1. The van der Waals surface area contributed by atoms with Gasteiger partial charge in [0.25, 0.3) is 0 Å². The minimum atomic E-state index is -0.0743. The number of hydrogen-bond acceptors (Lipinski definition) is 3. The molecule has 0 radical (unpaired) electrons. The van der Waals surface area contributed by atoms with E-state index in [4.69, 9.17) is 9.98 Å². The van der Waals surface area contributed by atoms with Gasteiger partial charge in [-0.3, -0.25) is 4.99 Å². The molecule has 13 rings (SSSR count). The number of hydrogen-bond donors (Lipinski definition) is 0. The van der Waals surface area contributed by atoms with E-state index in [1.54, 1.807) is 0 Å². The molecule has 0 N–H and O–H groups in total. The molecule has 1 aromatic heterocycles. The lowest BCUT2D eigenvalue weighted by Gasteiger charge is -2.25. The van der Waals surface area contributed by atoms with Gasteiger partial charge in [0.1, 0.15) is 0 Å². The van der Waals surface area contributed by atoms with E-state index >= 15 is 0 Å². The first-order valence-corrected chi connectivity index (χ1v) is 24.8. The van der Waals surface area contributed by atoms with Crippen molar-refractivity contribution in [3.63, 3.8) is 0 Å². The first kappa shape index (κ1) is 42.3. The van der Waals surface area contributed by atoms with Gasteiger partial charge in [0.2, 0.25) is 0 Å². The lowest BCUT2D eigenvalue weighted by Crippen LogP contribution is -2.18. The molecule has 0 amide bonds. The second kappa shape index (κ2) is 17.9. The quantitative estimate of drug-likeness (QED) is 0.140. The van der Waals surface area contributed by atoms with Crippen LogP contribution in [0.3, 0.4) is 0 Å². The van der Waals surface area contributed by atoms with Gasteiger partial charge < -0.3 is 9.47 Å². The van der Waals surface area contributed by atoms with Crippen molar-refractivity contribution in [1.82, 2.24) is 4.57 Å². The number of para-hydroxylation sites is 3. The Labute approximate surface area is 414 Å². The van der Waals surface area contributed by atoms with Crippen LogP contribution in [0.15, 0.2) is 259 Å². The number of nitrogens with zero attached hydrogens (tertiary/aromatic N) is 4. The monoisotopic (exact) mass is 910 g/mol. The number of aliphatic imine (C=N–C) groups is 2. The summed E-state index contributed by atoms with van der Waals surface area (Å²) in [6.45, 7) is 2.36. The van der Waals surface area contributed by atoms with E-state index in [9.17, 15) is 0 Å². The third kappa shape index (κ3) is 7.65. The normalized spacial score (nSPS) is 16.6. The third-order valence-electron chi connectivity index (χ3n) is 14.6. The fraction of sp³-hybridized carbons (Fsp3) is 0.0746. The van der Waals surface area contributed by atoms with Crippen LogP contribution in [0.2, 0.25) is 0 Å². The summed E-state index contributed by atoms with van der Waals surface area (Å²) in [5.41, 5.74) is 13.7. The lowest BCUT2D eigenvalue weighted by atomic mass is 9.86. The van der Waals surface area contributed by atoms with Crippen molar-refractivity contribution in [2.45, 2.75) is 25.8 Å². The molecule has 0 fully saturated rings. The van der Waals surface area contributed by atoms with Gasteiger partial charge >= 0.3 is 0 Å². The zero-order chi connectivity index (χ0) is 47.3. The highest BCUT2D eigenvalue weighted by molar-refractivity contribution is 6.26. The fourth-order valence-corrected chi connectivity index (χ4v) is 11.1. The van der Waals surface area contributed by atoms with Gasteiger partial charge in [-0.15, -0.1) is 0 Å². The summed E-state index contributed by atoms with van der Waals surface area (Å²) in [6.07, 6.45) is 1.86. The molecule has 338 valence electrons. The van der Waals surface area contributed by atoms with E-state index in [0.29, 0.717) is 0 Å². The molecule has 0 spiro atoms. The minimum absolute atomic E-state index is 0.0743. The molecule has 11 aromatic carbocycles. The van der Waals surface area contributed by atoms with E-state index in [1.807, 2.05) is 0 Å². The largest absolute Gasteiger partial charge is 0.311 e. The van der Waals surface area contributed by atoms with Crippen LogP contribution in [0.4, 0.5) is 17.1 Å². The van der Waals surface area contributed by atoms with E-state index in [-0.39, 0.29) is 12.0 Å². The molecular weight excluding hydrogens is 861 g/mol. The second-order valence-corrected chi connectivity index (χ2v) is 18.9. The highest BCUT2D eigenvalue weighted by Gasteiger charge is 2.25. The first-order valence-electron chi connectivity index (χ1n) is 24.8. The molecule has 71 heavy (non-hydrogen) atoms. The molecule has 1 aliphatic rings. The number of benzene rings is 11. The maximum atomic E-state index is 5.60. The van der Waals surface area contributed by atoms with E-state index in [1.165, 1.54) is 70.8 Å². The van der Waals surface area contributed by atoms with E-state index in [0.717, 1.165) is 58.3 Å². The Bertz CT molecular complexity index is 3950. The summed E-state index contributed by atoms with van der Waals surface area (Å²) in [4.78, 5) is 13.2. The highest BCUT2D eigenvalue weighted by atomic mass is 15.1. The van der Waals surface area contributed by atoms with Crippen LogP contribution in [0.25, 0.3) is 70.9 Å². The Balaban J connectivity index is 0.936. The molecule has 4 heteroatoms. The molecule has 0 aliphatic carbocycles.